The molecule has 0 N–H and O–H groups in total. The Labute approximate surface area is 168 Å². The van der Waals surface area contributed by atoms with Crippen LogP contribution >= 0.6 is 0 Å². The van der Waals surface area contributed by atoms with Crippen LogP contribution in [0.15, 0.2) is 24.7 Å². The lowest BCUT2D eigenvalue weighted by Crippen LogP contribution is -2.40. The summed E-state index contributed by atoms with van der Waals surface area (Å²) in [5, 5.41) is 0. The molecule has 0 saturated carbocycles. The minimum absolute atomic E-state index is 0.0532. The summed E-state index contributed by atoms with van der Waals surface area (Å²) in [6, 6.07) is 0.933. The van der Waals surface area contributed by atoms with Gasteiger partial charge in [0.05, 0.1) is 44.1 Å². The van der Waals surface area contributed by atoms with E-state index in [2.05, 4.69) is 15.0 Å². The lowest BCUT2D eigenvalue weighted by atomic mass is 10.2. The third kappa shape index (κ3) is 5.76. The molecule has 8 nitrogen and oxygen atoms in total. The molecule has 162 valence electrons. The molecule has 0 aliphatic heterocycles. The molecule has 0 bridgehead atoms. The van der Waals surface area contributed by atoms with Gasteiger partial charge in [-0.3, -0.25) is 14.6 Å². The predicted octanol–water partition coefficient (Wildman–Crippen LogP) is 2.63. The number of rotatable bonds is 8. The lowest BCUT2D eigenvalue weighted by molar-refractivity contribution is -0.141. The highest BCUT2D eigenvalue weighted by molar-refractivity contribution is 6.14. The molecule has 0 aliphatic carbocycles. The van der Waals surface area contributed by atoms with E-state index < -0.39 is 35.3 Å². The van der Waals surface area contributed by atoms with Crippen LogP contribution in [0.5, 0.6) is 0 Å². The standard InChI is InChI=1S/C18H18F4N4O4/c1-29-5-3-14(27)26(15(28)4-6-30-2)17-16(18(20,21)22)25-13(10-24-17)11-7-12(19)9-23-8-11/h7-10H,3-6H2,1-2H3. The van der Waals surface area contributed by atoms with E-state index in [0.717, 1.165) is 24.7 Å². The Morgan fingerprint density at radius 1 is 1.03 bits per heavy atom. The Morgan fingerprint density at radius 3 is 2.13 bits per heavy atom. The highest BCUT2D eigenvalue weighted by atomic mass is 19.4. The highest BCUT2D eigenvalue weighted by Crippen LogP contribution is 2.36. The second-order valence-corrected chi connectivity index (χ2v) is 5.93. The molecule has 0 saturated heterocycles. The summed E-state index contributed by atoms with van der Waals surface area (Å²) in [6.45, 7) is -0.233. The van der Waals surface area contributed by atoms with Crippen LogP contribution in [0.3, 0.4) is 0 Å². The van der Waals surface area contributed by atoms with Crippen molar-refractivity contribution in [3.63, 3.8) is 0 Å². The van der Waals surface area contributed by atoms with Gasteiger partial charge < -0.3 is 9.47 Å². The van der Waals surface area contributed by atoms with Gasteiger partial charge >= 0.3 is 6.18 Å². The van der Waals surface area contributed by atoms with E-state index in [9.17, 15) is 27.2 Å². The first-order valence-electron chi connectivity index (χ1n) is 8.57. The second kappa shape index (κ2) is 10.2. The first-order chi connectivity index (χ1) is 14.2. The molecule has 12 heteroatoms. The molecular formula is C18H18F4N4O4. The Hall–Kier alpha value is -2.99. The van der Waals surface area contributed by atoms with Crippen molar-refractivity contribution in [2.45, 2.75) is 19.0 Å². The van der Waals surface area contributed by atoms with Crippen LogP contribution < -0.4 is 4.90 Å². The number of methoxy groups -OCH3 is 2. The molecule has 0 fully saturated rings. The molecule has 0 atom stereocenters. The Bertz CT molecular complexity index is 888. The van der Waals surface area contributed by atoms with Gasteiger partial charge in [0.2, 0.25) is 11.8 Å². The number of amides is 2. The lowest BCUT2D eigenvalue weighted by Gasteiger charge is -2.23. The second-order valence-electron chi connectivity index (χ2n) is 5.93. The van der Waals surface area contributed by atoms with E-state index in [0.29, 0.717) is 4.90 Å². The molecule has 30 heavy (non-hydrogen) atoms. The first-order valence-corrected chi connectivity index (χ1v) is 8.57. The summed E-state index contributed by atoms with van der Waals surface area (Å²) in [5.41, 5.74) is -1.95. The molecule has 0 spiro atoms. The van der Waals surface area contributed by atoms with Crippen LogP contribution in [0, 0.1) is 5.82 Å². The van der Waals surface area contributed by atoms with Gasteiger partial charge in [-0.15, -0.1) is 0 Å². The number of anilines is 1. The van der Waals surface area contributed by atoms with Crippen molar-refractivity contribution in [1.82, 2.24) is 15.0 Å². The number of nitrogens with zero attached hydrogens (tertiary/aromatic N) is 4. The SMILES string of the molecule is COCCC(=O)N(C(=O)CCOC)c1ncc(-c2cncc(F)c2)nc1C(F)(F)F. The van der Waals surface area contributed by atoms with Crippen molar-refractivity contribution in [2.75, 3.05) is 32.3 Å². The van der Waals surface area contributed by atoms with Crippen molar-refractivity contribution in [2.24, 2.45) is 0 Å². The Kier molecular flexibility index (Phi) is 7.89. The molecule has 2 amide bonds. The molecule has 2 aromatic rings. The van der Waals surface area contributed by atoms with E-state index in [1.165, 1.54) is 14.2 Å². The zero-order valence-electron chi connectivity index (χ0n) is 16.1. The van der Waals surface area contributed by atoms with Crippen molar-refractivity contribution in [3.8, 4) is 11.3 Å². The van der Waals surface area contributed by atoms with E-state index in [1.807, 2.05) is 0 Å². The minimum atomic E-state index is -5.06. The average Bonchev–Trinajstić information content (AvgIpc) is 2.70. The zero-order chi connectivity index (χ0) is 22.3. The van der Waals surface area contributed by atoms with Crippen LogP contribution in [0.25, 0.3) is 11.3 Å². The number of carbonyl (C=O) groups excluding carboxylic acids is 2. The van der Waals surface area contributed by atoms with Gasteiger partial charge in [-0.1, -0.05) is 0 Å². The normalized spacial score (nSPS) is 11.4. The average molecular weight is 430 g/mol. The minimum Gasteiger partial charge on any atom is -0.384 e. The van der Waals surface area contributed by atoms with Crippen molar-refractivity contribution < 1.29 is 36.6 Å². The third-order valence-corrected chi connectivity index (χ3v) is 3.77. The van der Waals surface area contributed by atoms with Gasteiger partial charge in [0.15, 0.2) is 11.5 Å². The van der Waals surface area contributed by atoms with Crippen molar-refractivity contribution >= 4 is 17.6 Å². The summed E-state index contributed by atoms with van der Waals surface area (Å²) in [4.78, 5) is 36.0. The molecule has 0 aromatic carbocycles. The quantitative estimate of drug-likeness (QED) is 0.594. The largest absolute Gasteiger partial charge is 0.437 e. The number of imide groups is 1. The van der Waals surface area contributed by atoms with Crippen LogP contribution in [0.4, 0.5) is 23.4 Å². The van der Waals surface area contributed by atoms with Crippen LogP contribution in [0.2, 0.25) is 0 Å². The summed E-state index contributed by atoms with van der Waals surface area (Å²) in [6.07, 6.45) is -2.88. The van der Waals surface area contributed by atoms with Gasteiger partial charge in [-0.25, -0.2) is 19.3 Å². The molecular weight excluding hydrogens is 412 g/mol. The van der Waals surface area contributed by atoms with E-state index in [-0.39, 0.29) is 37.3 Å². The van der Waals surface area contributed by atoms with Crippen LogP contribution in [-0.2, 0) is 25.2 Å². The molecule has 0 unspecified atom stereocenters. The maximum Gasteiger partial charge on any atom is 0.437 e. The van der Waals surface area contributed by atoms with Crippen LogP contribution in [-0.4, -0.2) is 54.2 Å². The predicted molar refractivity (Wildman–Crippen MR) is 95.7 cm³/mol. The number of halogens is 4. The summed E-state index contributed by atoms with van der Waals surface area (Å²) >= 11 is 0. The number of hydrogen-bond donors (Lipinski definition) is 0. The molecule has 0 aliphatic rings. The highest BCUT2D eigenvalue weighted by Gasteiger charge is 2.41. The van der Waals surface area contributed by atoms with Crippen molar-refractivity contribution in [1.29, 1.82) is 0 Å². The van der Waals surface area contributed by atoms with Gasteiger partial charge in [-0.05, 0) is 6.07 Å². The van der Waals surface area contributed by atoms with Gasteiger partial charge in [0.1, 0.15) is 5.82 Å². The Balaban J connectivity index is 2.58. The summed E-state index contributed by atoms with van der Waals surface area (Å²) < 4.78 is 64.1. The monoisotopic (exact) mass is 430 g/mol. The van der Waals surface area contributed by atoms with Crippen molar-refractivity contribution in [3.05, 3.63) is 36.2 Å². The molecule has 2 rings (SSSR count). The van der Waals surface area contributed by atoms with Gasteiger partial charge in [-0.2, -0.15) is 13.2 Å². The number of carbonyl (C=O) groups is 2. The van der Waals surface area contributed by atoms with E-state index in [1.54, 1.807) is 0 Å². The molecule has 2 aromatic heterocycles. The smallest absolute Gasteiger partial charge is 0.384 e. The number of alkyl halides is 3. The van der Waals surface area contributed by atoms with E-state index in [4.69, 9.17) is 9.47 Å². The molecule has 2 heterocycles. The summed E-state index contributed by atoms with van der Waals surface area (Å²) in [5.74, 6) is -3.65. The Morgan fingerprint density at radius 2 is 1.63 bits per heavy atom. The van der Waals surface area contributed by atoms with Gasteiger partial charge in [0, 0.05) is 26.0 Å². The fourth-order valence-electron chi connectivity index (χ4n) is 2.41. The fourth-order valence-corrected chi connectivity index (χ4v) is 2.41. The third-order valence-electron chi connectivity index (χ3n) is 3.77. The first kappa shape index (κ1) is 23.3. The number of aromatic nitrogens is 3. The van der Waals surface area contributed by atoms with Gasteiger partial charge in [0.25, 0.3) is 0 Å². The molecule has 0 radical (unpaired) electrons. The number of pyridine rings is 1. The summed E-state index contributed by atoms with van der Waals surface area (Å²) in [7, 11) is 2.60. The number of ether oxygens (including phenoxy) is 2. The topological polar surface area (TPSA) is 94.5 Å². The fraction of sp³-hybridized carbons (Fsp3) is 0.389. The number of hydrogen-bond acceptors (Lipinski definition) is 7. The van der Waals surface area contributed by atoms with E-state index >= 15 is 0 Å². The maximum absolute atomic E-state index is 13.7. The van der Waals surface area contributed by atoms with Crippen LogP contribution in [0.1, 0.15) is 18.5 Å². The maximum atomic E-state index is 13.7. The zero-order valence-corrected chi connectivity index (χ0v) is 16.1.